The van der Waals surface area contributed by atoms with Gasteiger partial charge in [-0.3, -0.25) is 19.8 Å². The van der Waals surface area contributed by atoms with Gasteiger partial charge in [0.2, 0.25) is 0 Å². The van der Waals surface area contributed by atoms with Crippen LogP contribution in [-0.4, -0.2) is 27.2 Å². The molecule has 1 aliphatic heterocycles. The van der Waals surface area contributed by atoms with Crippen LogP contribution in [0.15, 0.2) is 65.7 Å². The number of methoxy groups -OCH3 is 1. The summed E-state index contributed by atoms with van der Waals surface area (Å²) in [5.74, 6) is 0.234. The van der Waals surface area contributed by atoms with Crippen molar-refractivity contribution in [2.75, 3.05) is 12.0 Å². The van der Waals surface area contributed by atoms with Crippen molar-refractivity contribution in [1.82, 2.24) is 4.98 Å². The van der Waals surface area contributed by atoms with Gasteiger partial charge in [-0.05, 0) is 48.4 Å². The summed E-state index contributed by atoms with van der Waals surface area (Å²) >= 11 is 6.67. The third-order valence-electron chi connectivity index (χ3n) is 4.79. The van der Waals surface area contributed by atoms with Crippen LogP contribution in [0.2, 0.25) is 0 Å². The number of ether oxygens (including phenoxy) is 2. The van der Waals surface area contributed by atoms with Crippen molar-refractivity contribution in [2.24, 2.45) is 0 Å². The number of carbonyl (C=O) groups is 1. The molecule has 1 aliphatic rings. The minimum absolute atomic E-state index is 0.146. The first-order chi connectivity index (χ1) is 15.9. The van der Waals surface area contributed by atoms with Crippen molar-refractivity contribution in [3.05, 3.63) is 86.9 Å². The van der Waals surface area contributed by atoms with E-state index in [2.05, 4.69) is 4.98 Å². The Morgan fingerprint density at radius 2 is 1.94 bits per heavy atom. The molecule has 0 radical (unpaired) electrons. The number of rotatable bonds is 6. The molecule has 166 valence electrons. The van der Waals surface area contributed by atoms with Gasteiger partial charge in [0, 0.05) is 12.3 Å². The molecule has 0 atom stereocenters. The summed E-state index contributed by atoms with van der Waals surface area (Å²) in [6.07, 6.45) is 3.12. The van der Waals surface area contributed by atoms with Crippen LogP contribution in [0.25, 0.3) is 6.08 Å². The SMILES string of the molecule is COc1cc(/C=C2\SC(=S)N(c3ccccc3C)C2=O)ccc1Oc1ncccc1[N+](=O)[O-]. The highest BCUT2D eigenvalue weighted by molar-refractivity contribution is 8.27. The molecule has 0 spiro atoms. The van der Waals surface area contributed by atoms with Gasteiger partial charge in [0.05, 0.1) is 22.6 Å². The van der Waals surface area contributed by atoms with Crippen LogP contribution in [0.3, 0.4) is 0 Å². The molecule has 0 N–H and O–H groups in total. The van der Waals surface area contributed by atoms with Crippen molar-refractivity contribution in [3.63, 3.8) is 0 Å². The lowest BCUT2D eigenvalue weighted by atomic mass is 10.1. The van der Waals surface area contributed by atoms with Crippen LogP contribution in [-0.2, 0) is 4.79 Å². The van der Waals surface area contributed by atoms with Gasteiger partial charge in [0.1, 0.15) is 0 Å². The molecule has 2 aromatic carbocycles. The molecule has 33 heavy (non-hydrogen) atoms. The van der Waals surface area contributed by atoms with Gasteiger partial charge in [0.25, 0.3) is 11.8 Å². The topological polar surface area (TPSA) is 94.8 Å². The molecule has 10 heteroatoms. The van der Waals surface area contributed by atoms with E-state index >= 15 is 0 Å². The summed E-state index contributed by atoms with van der Waals surface area (Å²) in [7, 11) is 1.45. The Morgan fingerprint density at radius 3 is 2.67 bits per heavy atom. The summed E-state index contributed by atoms with van der Waals surface area (Å²) < 4.78 is 11.5. The van der Waals surface area contributed by atoms with Crippen molar-refractivity contribution in [2.45, 2.75) is 6.92 Å². The van der Waals surface area contributed by atoms with Crippen LogP contribution < -0.4 is 14.4 Å². The molecule has 8 nitrogen and oxygen atoms in total. The number of anilines is 1. The summed E-state index contributed by atoms with van der Waals surface area (Å²) in [6, 6.07) is 15.3. The zero-order chi connectivity index (χ0) is 23.5. The lowest BCUT2D eigenvalue weighted by Gasteiger charge is -2.16. The maximum absolute atomic E-state index is 13.1. The number of nitrogens with zero attached hydrogens (tertiary/aromatic N) is 3. The molecule has 0 unspecified atom stereocenters. The van der Waals surface area contributed by atoms with Gasteiger partial charge in [-0.2, -0.15) is 0 Å². The number of carbonyl (C=O) groups excluding carboxylic acids is 1. The quantitative estimate of drug-likeness (QED) is 0.198. The van der Waals surface area contributed by atoms with Gasteiger partial charge < -0.3 is 9.47 Å². The van der Waals surface area contributed by atoms with E-state index in [1.54, 1.807) is 24.3 Å². The number of amides is 1. The van der Waals surface area contributed by atoms with Crippen molar-refractivity contribution < 1.29 is 19.2 Å². The molecular weight excluding hydrogens is 462 g/mol. The average Bonchev–Trinajstić information content (AvgIpc) is 3.08. The monoisotopic (exact) mass is 479 g/mol. The van der Waals surface area contributed by atoms with E-state index in [0.29, 0.717) is 20.5 Å². The van der Waals surface area contributed by atoms with E-state index in [1.807, 2.05) is 31.2 Å². The van der Waals surface area contributed by atoms with Crippen LogP contribution in [0.4, 0.5) is 11.4 Å². The van der Waals surface area contributed by atoms with Gasteiger partial charge in [-0.1, -0.05) is 48.2 Å². The zero-order valence-electron chi connectivity index (χ0n) is 17.6. The van der Waals surface area contributed by atoms with Crippen molar-refractivity contribution in [1.29, 1.82) is 0 Å². The maximum atomic E-state index is 13.1. The Bertz CT molecular complexity index is 1310. The van der Waals surface area contributed by atoms with Gasteiger partial charge >= 0.3 is 5.69 Å². The number of hydrogen-bond donors (Lipinski definition) is 0. The molecule has 1 aromatic heterocycles. The van der Waals surface area contributed by atoms with E-state index in [1.165, 1.54) is 42.1 Å². The van der Waals surface area contributed by atoms with Crippen LogP contribution in [0.5, 0.6) is 17.4 Å². The number of para-hydroxylation sites is 1. The Kier molecular flexibility index (Phi) is 6.38. The minimum Gasteiger partial charge on any atom is -0.493 e. The van der Waals surface area contributed by atoms with E-state index in [4.69, 9.17) is 21.7 Å². The third kappa shape index (κ3) is 4.57. The molecule has 0 bridgehead atoms. The molecule has 2 heterocycles. The fraction of sp³-hybridized carbons (Fsp3) is 0.0870. The number of aryl methyl sites for hydroxylation is 1. The van der Waals surface area contributed by atoms with Gasteiger partial charge in [-0.15, -0.1) is 0 Å². The number of thioether (sulfide) groups is 1. The summed E-state index contributed by atoms with van der Waals surface area (Å²) in [4.78, 5) is 29.6. The standard InChI is InChI=1S/C23H17N3O5S2/c1-14-6-3-4-7-16(14)25-22(27)20(33-23(25)32)13-15-9-10-18(19(12-15)30-2)31-21-17(26(28)29)8-5-11-24-21/h3-13H,1-2H3/b20-13-. The second-order valence-electron chi connectivity index (χ2n) is 6.90. The molecular formula is C23H17N3O5S2. The van der Waals surface area contributed by atoms with Crippen LogP contribution in [0.1, 0.15) is 11.1 Å². The molecule has 3 aromatic rings. The molecule has 4 rings (SSSR count). The molecule has 0 aliphatic carbocycles. The number of aromatic nitrogens is 1. The van der Waals surface area contributed by atoms with Crippen LogP contribution in [0, 0.1) is 17.0 Å². The fourth-order valence-corrected chi connectivity index (χ4v) is 4.49. The first kappa shape index (κ1) is 22.4. The molecule has 1 amide bonds. The summed E-state index contributed by atoms with van der Waals surface area (Å²) in [6.45, 7) is 1.92. The second kappa shape index (κ2) is 9.39. The number of nitro groups is 1. The predicted octanol–water partition coefficient (Wildman–Crippen LogP) is 5.50. The minimum atomic E-state index is -0.570. The highest BCUT2D eigenvalue weighted by Gasteiger charge is 2.34. The molecule has 1 fully saturated rings. The third-order valence-corrected chi connectivity index (χ3v) is 6.09. The largest absolute Gasteiger partial charge is 0.493 e. The molecule has 1 saturated heterocycles. The Hall–Kier alpha value is -3.76. The smallest absolute Gasteiger partial charge is 0.331 e. The summed E-state index contributed by atoms with van der Waals surface area (Å²) in [5, 5.41) is 11.2. The zero-order valence-corrected chi connectivity index (χ0v) is 19.2. The highest BCUT2D eigenvalue weighted by atomic mass is 32.2. The summed E-state index contributed by atoms with van der Waals surface area (Å²) in [5.41, 5.74) is 2.12. The second-order valence-corrected chi connectivity index (χ2v) is 8.58. The van der Waals surface area contributed by atoms with E-state index in [-0.39, 0.29) is 23.2 Å². The van der Waals surface area contributed by atoms with Crippen LogP contribution >= 0.6 is 24.0 Å². The average molecular weight is 480 g/mol. The number of benzene rings is 2. The normalized spacial score (nSPS) is 14.6. The number of pyridine rings is 1. The highest BCUT2D eigenvalue weighted by Crippen LogP contribution is 2.39. The first-order valence-electron chi connectivity index (χ1n) is 9.68. The van der Waals surface area contributed by atoms with Crippen molar-refractivity contribution in [3.8, 4) is 17.4 Å². The molecule has 0 saturated carbocycles. The van der Waals surface area contributed by atoms with Crippen molar-refractivity contribution >= 4 is 51.7 Å². The Labute approximate surface area is 199 Å². The first-order valence-corrected chi connectivity index (χ1v) is 10.9. The lowest BCUT2D eigenvalue weighted by molar-refractivity contribution is -0.386. The Balaban J connectivity index is 1.62. The van der Waals surface area contributed by atoms with E-state index in [9.17, 15) is 14.9 Å². The van der Waals surface area contributed by atoms with E-state index in [0.717, 1.165) is 11.3 Å². The maximum Gasteiger partial charge on any atom is 0.331 e. The van der Waals surface area contributed by atoms with E-state index < -0.39 is 4.92 Å². The number of thiocarbonyl (C=S) groups is 1. The fourth-order valence-electron chi connectivity index (χ4n) is 3.20. The lowest BCUT2D eigenvalue weighted by Crippen LogP contribution is -2.28. The van der Waals surface area contributed by atoms with Gasteiger partial charge in [-0.25, -0.2) is 4.98 Å². The predicted molar refractivity (Wildman–Crippen MR) is 131 cm³/mol. The van der Waals surface area contributed by atoms with Gasteiger partial charge in [0.15, 0.2) is 15.8 Å². The number of hydrogen-bond acceptors (Lipinski definition) is 8. The Morgan fingerprint density at radius 1 is 1.15 bits per heavy atom.